The number of rotatable bonds is 8. The standard InChI is InChI=1S/C20H25FN2O3/c1-5-23(12-15-7-9-18(25-3)16(21)11-15)13-20(24)22-17-10-14(2)6-8-19(17)26-4/h6-11H,5,12-13H2,1-4H3,(H,22,24). The van der Waals surface area contributed by atoms with Crippen LogP contribution < -0.4 is 14.8 Å². The minimum Gasteiger partial charge on any atom is -0.495 e. The average molecular weight is 360 g/mol. The van der Waals surface area contributed by atoms with Crippen LogP contribution in [0.3, 0.4) is 0 Å². The second-order valence-electron chi connectivity index (χ2n) is 6.02. The van der Waals surface area contributed by atoms with E-state index in [-0.39, 0.29) is 18.2 Å². The molecule has 0 aliphatic heterocycles. The fraction of sp³-hybridized carbons (Fsp3) is 0.350. The Labute approximate surface area is 153 Å². The maximum atomic E-state index is 13.8. The highest BCUT2D eigenvalue weighted by Gasteiger charge is 2.13. The molecule has 140 valence electrons. The molecule has 0 bridgehead atoms. The van der Waals surface area contributed by atoms with Gasteiger partial charge in [-0.2, -0.15) is 0 Å². The summed E-state index contributed by atoms with van der Waals surface area (Å²) in [6, 6.07) is 10.4. The number of benzene rings is 2. The topological polar surface area (TPSA) is 50.8 Å². The molecule has 0 aliphatic carbocycles. The molecule has 0 fully saturated rings. The molecule has 0 saturated carbocycles. The second-order valence-corrected chi connectivity index (χ2v) is 6.02. The first-order valence-corrected chi connectivity index (χ1v) is 8.46. The summed E-state index contributed by atoms with van der Waals surface area (Å²) in [6.45, 7) is 5.23. The van der Waals surface area contributed by atoms with Crippen LogP contribution in [0, 0.1) is 12.7 Å². The molecule has 6 heteroatoms. The molecule has 2 aromatic rings. The SMILES string of the molecule is CCN(CC(=O)Nc1cc(C)ccc1OC)Cc1ccc(OC)c(F)c1. The van der Waals surface area contributed by atoms with Gasteiger partial charge in [0.15, 0.2) is 11.6 Å². The van der Waals surface area contributed by atoms with E-state index in [0.717, 1.165) is 11.1 Å². The minimum atomic E-state index is -0.407. The summed E-state index contributed by atoms with van der Waals surface area (Å²) in [4.78, 5) is 14.3. The van der Waals surface area contributed by atoms with E-state index in [1.807, 2.05) is 36.9 Å². The van der Waals surface area contributed by atoms with Gasteiger partial charge < -0.3 is 14.8 Å². The number of hydrogen-bond donors (Lipinski definition) is 1. The van der Waals surface area contributed by atoms with Crippen molar-refractivity contribution in [1.29, 1.82) is 0 Å². The van der Waals surface area contributed by atoms with Gasteiger partial charge in [0.25, 0.3) is 0 Å². The zero-order chi connectivity index (χ0) is 19.1. The lowest BCUT2D eigenvalue weighted by Crippen LogP contribution is -2.32. The monoisotopic (exact) mass is 360 g/mol. The van der Waals surface area contributed by atoms with Crippen molar-refractivity contribution < 1.29 is 18.7 Å². The van der Waals surface area contributed by atoms with Crippen molar-refractivity contribution >= 4 is 11.6 Å². The van der Waals surface area contributed by atoms with E-state index in [9.17, 15) is 9.18 Å². The normalized spacial score (nSPS) is 10.7. The number of anilines is 1. The van der Waals surface area contributed by atoms with Crippen molar-refractivity contribution in [2.75, 3.05) is 32.6 Å². The van der Waals surface area contributed by atoms with Gasteiger partial charge in [0, 0.05) is 6.54 Å². The van der Waals surface area contributed by atoms with Crippen molar-refractivity contribution in [2.45, 2.75) is 20.4 Å². The molecule has 1 amide bonds. The summed E-state index contributed by atoms with van der Waals surface area (Å²) in [5.74, 6) is 0.269. The lowest BCUT2D eigenvalue weighted by molar-refractivity contribution is -0.117. The molecule has 1 N–H and O–H groups in total. The Bertz CT molecular complexity index is 765. The first-order valence-electron chi connectivity index (χ1n) is 8.46. The Morgan fingerprint density at radius 3 is 2.42 bits per heavy atom. The van der Waals surface area contributed by atoms with Gasteiger partial charge in [-0.25, -0.2) is 4.39 Å². The van der Waals surface area contributed by atoms with Crippen molar-refractivity contribution in [3.05, 3.63) is 53.3 Å². The van der Waals surface area contributed by atoms with E-state index in [2.05, 4.69) is 5.32 Å². The van der Waals surface area contributed by atoms with Gasteiger partial charge in [-0.3, -0.25) is 9.69 Å². The molecule has 0 atom stereocenters. The number of ether oxygens (including phenoxy) is 2. The average Bonchev–Trinajstić information content (AvgIpc) is 2.61. The number of carbonyl (C=O) groups excluding carboxylic acids is 1. The molecule has 0 heterocycles. The number of amides is 1. The molecule has 0 radical (unpaired) electrons. The maximum absolute atomic E-state index is 13.8. The first-order chi connectivity index (χ1) is 12.5. The molecular formula is C20H25FN2O3. The molecule has 0 aliphatic rings. The van der Waals surface area contributed by atoms with Gasteiger partial charge in [0.05, 0.1) is 26.5 Å². The summed E-state index contributed by atoms with van der Waals surface area (Å²) in [5, 5.41) is 2.88. The van der Waals surface area contributed by atoms with Crippen LogP contribution in [0.2, 0.25) is 0 Å². The number of nitrogens with one attached hydrogen (secondary N) is 1. The van der Waals surface area contributed by atoms with Crippen LogP contribution in [0.4, 0.5) is 10.1 Å². The Hall–Kier alpha value is -2.60. The molecule has 0 spiro atoms. The van der Waals surface area contributed by atoms with Gasteiger partial charge in [0.2, 0.25) is 5.91 Å². The fourth-order valence-corrected chi connectivity index (χ4v) is 2.66. The summed E-state index contributed by atoms with van der Waals surface area (Å²) in [5.41, 5.74) is 2.46. The number of halogens is 1. The van der Waals surface area contributed by atoms with Crippen molar-refractivity contribution in [2.24, 2.45) is 0 Å². The van der Waals surface area contributed by atoms with Gasteiger partial charge in [0.1, 0.15) is 5.75 Å². The van der Waals surface area contributed by atoms with Crippen molar-refractivity contribution in [3.63, 3.8) is 0 Å². The van der Waals surface area contributed by atoms with E-state index in [4.69, 9.17) is 9.47 Å². The highest BCUT2D eigenvalue weighted by atomic mass is 19.1. The number of aryl methyl sites for hydroxylation is 1. The fourth-order valence-electron chi connectivity index (χ4n) is 2.66. The van der Waals surface area contributed by atoms with Crippen LogP contribution >= 0.6 is 0 Å². The molecule has 26 heavy (non-hydrogen) atoms. The Morgan fingerprint density at radius 2 is 1.81 bits per heavy atom. The quantitative estimate of drug-likeness (QED) is 0.781. The summed E-state index contributed by atoms with van der Waals surface area (Å²) < 4.78 is 24.0. The minimum absolute atomic E-state index is 0.148. The number of likely N-dealkylation sites (N-methyl/N-ethyl adjacent to an activating group) is 1. The molecule has 0 saturated heterocycles. The van der Waals surface area contributed by atoms with Crippen molar-refractivity contribution in [3.8, 4) is 11.5 Å². The maximum Gasteiger partial charge on any atom is 0.238 e. The predicted octanol–water partition coefficient (Wildman–Crippen LogP) is 3.61. The van der Waals surface area contributed by atoms with Crippen LogP contribution in [-0.4, -0.2) is 38.1 Å². The van der Waals surface area contributed by atoms with Gasteiger partial charge in [-0.15, -0.1) is 0 Å². The largest absolute Gasteiger partial charge is 0.495 e. The van der Waals surface area contributed by atoms with Crippen LogP contribution in [-0.2, 0) is 11.3 Å². The number of carbonyl (C=O) groups is 1. The molecular weight excluding hydrogens is 335 g/mol. The number of nitrogens with zero attached hydrogens (tertiary/aromatic N) is 1. The summed E-state index contributed by atoms with van der Waals surface area (Å²) in [6.07, 6.45) is 0. The van der Waals surface area contributed by atoms with Crippen molar-refractivity contribution in [1.82, 2.24) is 4.90 Å². The number of methoxy groups -OCH3 is 2. The number of hydrogen-bond acceptors (Lipinski definition) is 4. The van der Waals surface area contributed by atoms with Crippen LogP contribution in [0.25, 0.3) is 0 Å². The third-order valence-corrected chi connectivity index (χ3v) is 4.07. The van der Waals surface area contributed by atoms with E-state index in [1.54, 1.807) is 19.2 Å². The van der Waals surface area contributed by atoms with Crippen LogP contribution in [0.1, 0.15) is 18.1 Å². The van der Waals surface area contributed by atoms with E-state index in [1.165, 1.54) is 13.2 Å². The molecule has 5 nitrogen and oxygen atoms in total. The van der Waals surface area contributed by atoms with E-state index in [0.29, 0.717) is 24.5 Å². The van der Waals surface area contributed by atoms with E-state index < -0.39 is 5.82 Å². The highest BCUT2D eigenvalue weighted by molar-refractivity contribution is 5.93. The molecule has 2 rings (SSSR count). The van der Waals surface area contributed by atoms with Crippen LogP contribution in [0.15, 0.2) is 36.4 Å². The lowest BCUT2D eigenvalue weighted by Gasteiger charge is -2.20. The third-order valence-electron chi connectivity index (χ3n) is 4.07. The highest BCUT2D eigenvalue weighted by Crippen LogP contribution is 2.25. The molecule has 0 unspecified atom stereocenters. The molecule has 0 aromatic heterocycles. The molecule has 2 aromatic carbocycles. The van der Waals surface area contributed by atoms with Gasteiger partial charge in [-0.05, 0) is 48.9 Å². The Morgan fingerprint density at radius 1 is 1.12 bits per heavy atom. The second kappa shape index (κ2) is 9.20. The zero-order valence-corrected chi connectivity index (χ0v) is 15.6. The summed E-state index contributed by atoms with van der Waals surface area (Å²) in [7, 11) is 3.00. The third kappa shape index (κ3) is 5.20. The Balaban J connectivity index is 2.02. The Kier molecular flexibility index (Phi) is 6.97. The predicted molar refractivity (Wildman–Crippen MR) is 100 cm³/mol. The van der Waals surface area contributed by atoms with Gasteiger partial charge in [-0.1, -0.05) is 19.1 Å². The first kappa shape index (κ1) is 19.7. The van der Waals surface area contributed by atoms with Crippen LogP contribution in [0.5, 0.6) is 11.5 Å². The smallest absolute Gasteiger partial charge is 0.238 e. The summed E-state index contributed by atoms with van der Waals surface area (Å²) >= 11 is 0. The van der Waals surface area contributed by atoms with Gasteiger partial charge >= 0.3 is 0 Å². The van der Waals surface area contributed by atoms with E-state index >= 15 is 0 Å². The lowest BCUT2D eigenvalue weighted by atomic mass is 10.2. The zero-order valence-electron chi connectivity index (χ0n) is 15.6.